The molecule has 0 aromatic heterocycles. The van der Waals surface area contributed by atoms with Crippen molar-refractivity contribution < 1.29 is 19.1 Å². The summed E-state index contributed by atoms with van der Waals surface area (Å²) in [5, 5.41) is 5.89. The second-order valence-electron chi connectivity index (χ2n) is 4.52. The van der Waals surface area contributed by atoms with E-state index >= 15 is 0 Å². The summed E-state index contributed by atoms with van der Waals surface area (Å²) in [6, 6.07) is 0.0419. The van der Waals surface area contributed by atoms with E-state index in [2.05, 4.69) is 10.6 Å². The first kappa shape index (κ1) is 15.9. The third-order valence-electron chi connectivity index (χ3n) is 2.85. The Balaban J connectivity index is 2.21. The Morgan fingerprint density at radius 1 is 1.53 bits per heavy atom. The molecule has 7 heteroatoms. The van der Waals surface area contributed by atoms with Crippen molar-refractivity contribution in [2.75, 3.05) is 53.6 Å². The predicted molar refractivity (Wildman–Crippen MR) is 69.7 cm³/mol. The minimum absolute atomic E-state index is 0.0419. The zero-order chi connectivity index (χ0) is 14.1. The maximum absolute atomic E-state index is 11.9. The summed E-state index contributed by atoms with van der Waals surface area (Å²) in [6.45, 7) is 2.97. The molecule has 1 fully saturated rings. The molecular formula is C12H23N3O4. The van der Waals surface area contributed by atoms with E-state index in [1.54, 1.807) is 14.2 Å². The van der Waals surface area contributed by atoms with Crippen molar-refractivity contribution in [2.45, 2.75) is 12.5 Å². The van der Waals surface area contributed by atoms with E-state index in [0.29, 0.717) is 32.8 Å². The molecule has 0 aromatic carbocycles. The van der Waals surface area contributed by atoms with Crippen LogP contribution in [0.5, 0.6) is 0 Å². The highest BCUT2D eigenvalue weighted by Crippen LogP contribution is 2.01. The quantitative estimate of drug-likeness (QED) is 0.557. The van der Waals surface area contributed by atoms with Gasteiger partial charge in [0.1, 0.15) is 0 Å². The number of ether oxygens (including phenoxy) is 2. The molecule has 110 valence electrons. The van der Waals surface area contributed by atoms with E-state index in [0.717, 1.165) is 6.54 Å². The first-order chi connectivity index (χ1) is 9.13. The van der Waals surface area contributed by atoms with Crippen LogP contribution < -0.4 is 10.6 Å². The molecule has 1 aliphatic heterocycles. The molecule has 7 nitrogen and oxygen atoms in total. The van der Waals surface area contributed by atoms with Crippen molar-refractivity contribution in [1.29, 1.82) is 0 Å². The number of hydrogen-bond acceptors (Lipinski definition) is 5. The van der Waals surface area contributed by atoms with Crippen LogP contribution in [-0.2, 0) is 19.1 Å². The van der Waals surface area contributed by atoms with Crippen molar-refractivity contribution in [2.24, 2.45) is 0 Å². The molecule has 0 spiro atoms. The second kappa shape index (κ2) is 8.84. The summed E-state index contributed by atoms with van der Waals surface area (Å²) in [7, 11) is 3.20. The largest absolute Gasteiger partial charge is 0.383 e. The maximum Gasteiger partial charge on any atom is 0.239 e. The monoisotopic (exact) mass is 273 g/mol. The summed E-state index contributed by atoms with van der Waals surface area (Å²) >= 11 is 0. The number of nitrogens with one attached hydrogen (secondary N) is 2. The van der Waals surface area contributed by atoms with Gasteiger partial charge in [-0.05, 0) is 0 Å². The van der Waals surface area contributed by atoms with E-state index in [9.17, 15) is 9.59 Å². The number of methoxy groups -OCH3 is 1. The fourth-order valence-electron chi connectivity index (χ4n) is 1.77. The lowest BCUT2D eigenvalue weighted by Crippen LogP contribution is -2.46. The zero-order valence-electron chi connectivity index (χ0n) is 11.6. The molecule has 1 saturated heterocycles. The molecule has 1 unspecified atom stereocenters. The van der Waals surface area contributed by atoms with Gasteiger partial charge >= 0.3 is 0 Å². The van der Waals surface area contributed by atoms with Gasteiger partial charge in [0.2, 0.25) is 11.8 Å². The van der Waals surface area contributed by atoms with Gasteiger partial charge in [0, 0.05) is 39.7 Å². The number of hydrogen-bond donors (Lipinski definition) is 2. The SMILES string of the molecule is COCCNC(=O)CN(C)C(=O)CC1COCCN1. The van der Waals surface area contributed by atoms with Crippen molar-refractivity contribution in [1.82, 2.24) is 15.5 Å². The Labute approximate surface area is 113 Å². The molecule has 1 heterocycles. The molecule has 0 radical (unpaired) electrons. The lowest BCUT2D eigenvalue weighted by atomic mass is 10.2. The molecule has 0 aliphatic carbocycles. The van der Waals surface area contributed by atoms with Gasteiger partial charge in [0.15, 0.2) is 0 Å². The standard InChI is InChI=1S/C12H23N3O4/c1-15(8-11(16)14-3-5-18-2)12(17)7-10-9-19-6-4-13-10/h10,13H,3-9H2,1-2H3,(H,14,16). The van der Waals surface area contributed by atoms with Crippen LogP contribution in [0.3, 0.4) is 0 Å². The molecule has 1 rings (SSSR count). The smallest absolute Gasteiger partial charge is 0.239 e. The fourth-order valence-corrected chi connectivity index (χ4v) is 1.77. The lowest BCUT2D eigenvalue weighted by molar-refractivity contribution is -0.135. The molecule has 0 bridgehead atoms. The lowest BCUT2D eigenvalue weighted by Gasteiger charge is -2.25. The van der Waals surface area contributed by atoms with Crippen LogP contribution in [0.1, 0.15) is 6.42 Å². The van der Waals surface area contributed by atoms with Crippen LogP contribution in [0, 0.1) is 0 Å². The summed E-state index contributed by atoms with van der Waals surface area (Å²) in [4.78, 5) is 24.9. The van der Waals surface area contributed by atoms with E-state index < -0.39 is 0 Å². The summed E-state index contributed by atoms with van der Waals surface area (Å²) < 4.78 is 10.1. The number of likely N-dealkylation sites (N-methyl/N-ethyl adjacent to an activating group) is 1. The molecule has 2 amide bonds. The highest BCUT2D eigenvalue weighted by Gasteiger charge is 2.20. The topological polar surface area (TPSA) is 79.9 Å². The average Bonchev–Trinajstić information content (AvgIpc) is 2.40. The van der Waals surface area contributed by atoms with Crippen LogP contribution in [0.4, 0.5) is 0 Å². The molecule has 1 atom stereocenters. The Bertz CT molecular complexity index is 293. The Morgan fingerprint density at radius 3 is 2.95 bits per heavy atom. The van der Waals surface area contributed by atoms with Crippen molar-refractivity contribution in [3.63, 3.8) is 0 Å². The van der Waals surface area contributed by atoms with E-state index in [4.69, 9.17) is 9.47 Å². The van der Waals surface area contributed by atoms with Crippen LogP contribution in [0.15, 0.2) is 0 Å². The van der Waals surface area contributed by atoms with Crippen LogP contribution in [0.25, 0.3) is 0 Å². The third-order valence-corrected chi connectivity index (χ3v) is 2.85. The molecule has 1 aliphatic rings. The number of morpholine rings is 1. The third kappa shape index (κ3) is 6.51. The number of carbonyl (C=O) groups excluding carboxylic acids is 2. The Morgan fingerprint density at radius 2 is 2.32 bits per heavy atom. The summed E-state index contributed by atoms with van der Waals surface area (Å²) in [6.07, 6.45) is 0.349. The van der Waals surface area contributed by atoms with Crippen LogP contribution >= 0.6 is 0 Å². The molecular weight excluding hydrogens is 250 g/mol. The van der Waals surface area contributed by atoms with Crippen molar-refractivity contribution in [3.05, 3.63) is 0 Å². The van der Waals surface area contributed by atoms with Crippen molar-refractivity contribution in [3.8, 4) is 0 Å². The van der Waals surface area contributed by atoms with E-state index in [1.807, 2.05) is 0 Å². The number of amides is 2. The van der Waals surface area contributed by atoms with Gasteiger partial charge in [-0.2, -0.15) is 0 Å². The zero-order valence-corrected chi connectivity index (χ0v) is 11.6. The minimum atomic E-state index is -0.180. The Kier molecular flexibility index (Phi) is 7.39. The normalized spacial score (nSPS) is 18.9. The van der Waals surface area contributed by atoms with Crippen LogP contribution in [-0.4, -0.2) is 76.4 Å². The number of nitrogens with zero attached hydrogens (tertiary/aromatic N) is 1. The average molecular weight is 273 g/mol. The summed E-state index contributed by atoms with van der Waals surface area (Å²) in [5.74, 6) is -0.245. The minimum Gasteiger partial charge on any atom is -0.383 e. The number of carbonyl (C=O) groups is 2. The van der Waals surface area contributed by atoms with E-state index in [1.165, 1.54) is 4.90 Å². The molecule has 0 aromatic rings. The summed E-state index contributed by atoms with van der Waals surface area (Å²) in [5.41, 5.74) is 0. The van der Waals surface area contributed by atoms with Gasteiger partial charge in [-0.3, -0.25) is 9.59 Å². The Hall–Kier alpha value is -1.18. The maximum atomic E-state index is 11.9. The first-order valence-corrected chi connectivity index (χ1v) is 6.44. The van der Waals surface area contributed by atoms with Gasteiger partial charge in [-0.15, -0.1) is 0 Å². The molecule has 0 saturated carbocycles. The first-order valence-electron chi connectivity index (χ1n) is 6.44. The van der Waals surface area contributed by atoms with Gasteiger partial charge in [0.05, 0.1) is 26.4 Å². The molecule has 2 N–H and O–H groups in total. The van der Waals surface area contributed by atoms with Crippen molar-refractivity contribution >= 4 is 11.8 Å². The van der Waals surface area contributed by atoms with Crippen LogP contribution in [0.2, 0.25) is 0 Å². The van der Waals surface area contributed by atoms with Gasteiger partial charge < -0.3 is 25.0 Å². The van der Waals surface area contributed by atoms with Gasteiger partial charge in [0.25, 0.3) is 0 Å². The van der Waals surface area contributed by atoms with E-state index in [-0.39, 0.29) is 24.4 Å². The highest BCUT2D eigenvalue weighted by atomic mass is 16.5. The fraction of sp³-hybridized carbons (Fsp3) is 0.833. The van der Waals surface area contributed by atoms with Gasteiger partial charge in [-0.25, -0.2) is 0 Å². The predicted octanol–water partition coefficient (Wildman–Crippen LogP) is -1.41. The van der Waals surface area contributed by atoms with Gasteiger partial charge in [-0.1, -0.05) is 0 Å². The number of rotatable bonds is 7. The molecule has 19 heavy (non-hydrogen) atoms. The highest BCUT2D eigenvalue weighted by molar-refractivity contribution is 5.84. The second-order valence-corrected chi connectivity index (χ2v) is 4.52.